The molecule has 146 valence electrons. The molecule has 7 heteroatoms. The van der Waals surface area contributed by atoms with Crippen LogP contribution in [0.25, 0.3) is 0 Å². The Morgan fingerprint density at radius 3 is 1.96 bits per heavy atom. The van der Waals surface area contributed by atoms with E-state index in [1.807, 2.05) is 0 Å². The fraction of sp³-hybridized carbons (Fsp3) is 0.778. The van der Waals surface area contributed by atoms with E-state index in [0.29, 0.717) is 37.4 Å². The summed E-state index contributed by atoms with van der Waals surface area (Å²) in [6.07, 6.45) is 10.1. The highest BCUT2D eigenvalue weighted by atomic mass is 16.5. The van der Waals surface area contributed by atoms with Gasteiger partial charge in [-0.3, -0.25) is 0 Å². The van der Waals surface area contributed by atoms with Crippen LogP contribution in [-0.4, -0.2) is 58.7 Å². The van der Waals surface area contributed by atoms with Gasteiger partial charge in [0.05, 0.1) is 18.8 Å². The fourth-order valence-corrected chi connectivity index (χ4v) is 2.41. The van der Waals surface area contributed by atoms with E-state index in [9.17, 15) is 14.7 Å². The van der Waals surface area contributed by atoms with Gasteiger partial charge in [-0.1, -0.05) is 46.0 Å². The number of aliphatic hydroxyl groups is 1. The van der Waals surface area contributed by atoms with Gasteiger partial charge in [0.1, 0.15) is 0 Å². The van der Waals surface area contributed by atoms with Crippen LogP contribution in [-0.2, 0) is 14.3 Å². The number of carboxylic acid groups (broad SMARTS) is 2. The Hall–Kier alpha value is -1.44. The quantitative estimate of drug-likeness (QED) is 0.491. The number of aliphatic hydroxyl groups excluding tert-OH is 1. The van der Waals surface area contributed by atoms with Crippen LogP contribution in [0.4, 0.5) is 0 Å². The van der Waals surface area contributed by atoms with E-state index >= 15 is 0 Å². The summed E-state index contributed by atoms with van der Waals surface area (Å²) in [6, 6.07) is 0.422. The van der Waals surface area contributed by atoms with Gasteiger partial charge in [0, 0.05) is 24.7 Å². The van der Waals surface area contributed by atoms with Gasteiger partial charge in [-0.2, -0.15) is 0 Å². The summed E-state index contributed by atoms with van der Waals surface area (Å²) in [5.74, 6) is -2.51. The second-order valence-corrected chi connectivity index (χ2v) is 6.53. The molecule has 1 unspecified atom stereocenters. The van der Waals surface area contributed by atoms with Crippen molar-refractivity contribution in [3.63, 3.8) is 0 Å². The molecule has 1 aliphatic carbocycles. The third-order valence-corrected chi connectivity index (χ3v) is 3.71. The molecule has 0 radical (unpaired) electrons. The summed E-state index contributed by atoms with van der Waals surface area (Å²) in [6.45, 7) is 5.28. The van der Waals surface area contributed by atoms with Gasteiger partial charge in [0.25, 0.3) is 0 Å². The Morgan fingerprint density at radius 2 is 1.52 bits per heavy atom. The first-order valence-corrected chi connectivity index (χ1v) is 8.98. The van der Waals surface area contributed by atoms with Crippen LogP contribution >= 0.6 is 0 Å². The van der Waals surface area contributed by atoms with Crippen molar-refractivity contribution in [3.05, 3.63) is 12.2 Å². The summed E-state index contributed by atoms with van der Waals surface area (Å²) in [7, 11) is 0. The molecule has 1 atom stereocenters. The Balaban J connectivity index is 0.000000609. The SMILES string of the molecule is CC(C)NCC(O)COC1CCCCCCC1.O=C(O)/C=C\C(=O)O. The van der Waals surface area contributed by atoms with E-state index in [2.05, 4.69) is 19.2 Å². The standard InChI is InChI=1S/C14H29NO2.C4H4O4/c1-12(2)15-10-13(16)11-17-14-8-6-4-3-5-7-9-14;5-3(6)1-2-4(7)8/h12-16H,3-11H2,1-2H3;1-2H,(H,5,6)(H,7,8)/b;2-1-. The highest BCUT2D eigenvalue weighted by Gasteiger charge is 2.13. The maximum Gasteiger partial charge on any atom is 0.328 e. The fourth-order valence-electron chi connectivity index (χ4n) is 2.41. The smallest absolute Gasteiger partial charge is 0.328 e. The summed E-state index contributed by atoms with van der Waals surface area (Å²) >= 11 is 0. The van der Waals surface area contributed by atoms with Crippen LogP contribution < -0.4 is 5.32 Å². The van der Waals surface area contributed by atoms with Crippen LogP contribution in [0.15, 0.2) is 12.2 Å². The number of carboxylic acids is 2. The molecule has 1 aliphatic rings. The molecule has 0 aromatic heterocycles. The number of rotatable bonds is 8. The van der Waals surface area contributed by atoms with Gasteiger partial charge in [0.15, 0.2) is 0 Å². The molecule has 1 rings (SSSR count). The molecule has 25 heavy (non-hydrogen) atoms. The molecule has 0 saturated heterocycles. The molecule has 0 aliphatic heterocycles. The lowest BCUT2D eigenvalue weighted by molar-refractivity contribution is -0.134. The van der Waals surface area contributed by atoms with Crippen LogP contribution in [0, 0.1) is 0 Å². The van der Waals surface area contributed by atoms with Crippen molar-refractivity contribution in [3.8, 4) is 0 Å². The number of hydrogen-bond acceptors (Lipinski definition) is 5. The van der Waals surface area contributed by atoms with Crippen LogP contribution in [0.3, 0.4) is 0 Å². The second-order valence-electron chi connectivity index (χ2n) is 6.53. The average Bonchev–Trinajstić information content (AvgIpc) is 2.50. The maximum absolute atomic E-state index is 9.77. The van der Waals surface area contributed by atoms with Crippen LogP contribution in [0.2, 0.25) is 0 Å². The number of aliphatic carboxylic acids is 2. The zero-order valence-electron chi connectivity index (χ0n) is 15.3. The summed E-state index contributed by atoms with van der Waals surface area (Å²) in [4.78, 5) is 19.1. The van der Waals surface area contributed by atoms with E-state index in [4.69, 9.17) is 14.9 Å². The minimum atomic E-state index is -1.26. The van der Waals surface area contributed by atoms with Gasteiger partial charge >= 0.3 is 11.9 Å². The Morgan fingerprint density at radius 1 is 1.04 bits per heavy atom. The van der Waals surface area contributed by atoms with E-state index in [-0.39, 0.29) is 6.10 Å². The van der Waals surface area contributed by atoms with Crippen molar-refractivity contribution in [1.29, 1.82) is 0 Å². The monoisotopic (exact) mass is 359 g/mol. The number of carbonyl (C=O) groups is 2. The molecule has 0 amide bonds. The van der Waals surface area contributed by atoms with Crippen molar-refractivity contribution in [2.24, 2.45) is 0 Å². The van der Waals surface area contributed by atoms with Crippen molar-refractivity contribution < 1.29 is 29.6 Å². The first-order chi connectivity index (χ1) is 11.8. The molecule has 0 aromatic carbocycles. The number of hydrogen-bond donors (Lipinski definition) is 4. The first kappa shape index (κ1) is 23.6. The van der Waals surface area contributed by atoms with Gasteiger partial charge < -0.3 is 25.4 Å². The Bertz CT molecular complexity index is 373. The van der Waals surface area contributed by atoms with E-state index < -0.39 is 11.9 Å². The predicted octanol–water partition coefficient (Wildman–Crippen LogP) is 2.19. The normalized spacial score (nSPS) is 17.4. The Labute approximate surface area is 150 Å². The summed E-state index contributed by atoms with van der Waals surface area (Å²) in [5, 5.41) is 28.6. The average molecular weight is 359 g/mol. The maximum atomic E-state index is 9.77. The predicted molar refractivity (Wildman–Crippen MR) is 95.6 cm³/mol. The molecule has 0 aromatic rings. The van der Waals surface area contributed by atoms with Gasteiger partial charge in [-0.05, 0) is 12.8 Å². The van der Waals surface area contributed by atoms with Gasteiger partial charge in [-0.15, -0.1) is 0 Å². The number of ether oxygens (including phenoxy) is 1. The molecule has 0 spiro atoms. The molecular formula is C18H33NO6. The molecule has 0 bridgehead atoms. The minimum Gasteiger partial charge on any atom is -0.478 e. The lowest BCUT2D eigenvalue weighted by Gasteiger charge is -2.22. The molecule has 0 heterocycles. The van der Waals surface area contributed by atoms with Crippen molar-refractivity contribution in [1.82, 2.24) is 5.32 Å². The van der Waals surface area contributed by atoms with Crippen molar-refractivity contribution >= 4 is 11.9 Å². The topological polar surface area (TPSA) is 116 Å². The molecule has 7 nitrogen and oxygen atoms in total. The summed E-state index contributed by atoms with van der Waals surface area (Å²) < 4.78 is 5.82. The third-order valence-electron chi connectivity index (χ3n) is 3.71. The first-order valence-electron chi connectivity index (χ1n) is 8.98. The summed E-state index contributed by atoms with van der Waals surface area (Å²) in [5.41, 5.74) is 0. The van der Waals surface area contributed by atoms with Gasteiger partial charge in [0.2, 0.25) is 0 Å². The van der Waals surface area contributed by atoms with E-state index in [0.717, 1.165) is 0 Å². The lowest BCUT2D eigenvalue weighted by atomic mass is 9.98. The highest BCUT2D eigenvalue weighted by molar-refractivity contribution is 5.89. The largest absolute Gasteiger partial charge is 0.478 e. The number of nitrogens with one attached hydrogen (secondary N) is 1. The zero-order valence-corrected chi connectivity index (χ0v) is 15.3. The molecule has 1 saturated carbocycles. The molecule has 4 N–H and O–H groups in total. The second kappa shape index (κ2) is 14.9. The van der Waals surface area contributed by atoms with E-state index in [1.165, 1.54) is 44.9 Å². The molecule has 1 fully saturated rings. The Kier molecular flexibility index (Phi) is 14.0. The van der Waals surface area contributed by atoms with Crippen molar-refractivity contribution in [2.45, 2.75) is 77.0 Å². The van der Waals surface area contributed by atoms with E-state index in [1.54, 1.807) is 0 Å². The lowest BCUT2D eigenvalue weighted by Crippen LogP contribution is -2.35. The highest BCUT2D eigenvalue weighted by Crippen LogP contribution is 2.19. The zero-order chi connectivity index (χ0) is 19.1. The molecular weight excluding hydrogens is 326 g/mol. The third kappa shape index (κ3) is 17.2. The van der Waals surface area contributed by atoms with Crippen molar-refractivity contribution in [2.75, 3.05) is 13.2 Å². The van der Waals surface area contributed by atoms with Crippen LogP contribution in [0.1, 0.15) is 58.8 Å². The van der Waals surface area contributed by atoms with Crippen LogP contribution in [0.5, 0.6) is 0 Å². The minimum absolute atomic E-state index is 0.372. The van der Waals surface area contributed by atoms with Gasteiger partial charge in [-0.25, -0.2) is 9.59 Å².